The van der Waals surface area contributed by atoms with E-state index in [1.165, 1.54) is 23.0 Å². The molecule has 0 saturated carbocycles. The van der Waals surface area contributed by atoms with Crippen LogP contribution in [-0.2, 0) is 0 Å². The van der Waals surface area contributed by atoms with Crippen LogP contribution < -0.4 is 10.5 Å². The van der Waals surface area contributed by atoms with Crippen molar-refractivity contribution in [1.82, 2.24) is 19.6 Å². The predicted octanol–water partition coefficient (Wildman–Crippen LogP) is 1.95. The number of benzene rings is 1. The third kappa shape index (κ3) is 1.95. The van der Waals surface area contributed by atoms with Crippen LogP contribution in [0.1, 0.15) is 5.69 Å². The fourth-order valence-electron chi connectivity index (χ4n) is 1.71. The largest absolute Gasteiger partial charge is 0.434 e. The second-order valence-electron chi connectivity index (χ2n) is 3.97. The lowest BCUT2D eigenvalue weighted by atomic mass is 10.3. The highest BCUT2D eigenvalue weighted by molar-refractivity contribution is 5.54. The Hall–Kier alpha value is -2.70. The lowest BCUT2D eigenvalue weighted by molar-refractivity contribution is 0.416. The monoisotopic (exact) mass is 259 g/mol. The van der Waals surface area contributed by atoms with Crippen LogP contribution in [0.25, 0.3) is 5.78 Å². The Labute approximate surface area is 107 Å². The van der Waals surface area contributed by atoms with Crippen molar-refractivity contribution >= 4 is 11.5 Å². The fraction of sp³-hybridized carbons (Fsp3) is 0.0833. The average molecular weight is 259 g/mol. The number of rotatable bonds is 2. The number of aryl methyl sites for hydroxylation is 1. The number of fused-ring (bicyclic) bond motifs is 1. The van der Waals surface area contributed by atoms with Crippen LogP contribution in [0.5, 0.6) is 11.6 Å². The fourth-order valence-corrected chi connectivity index (χ4v) is 1.71. The van der Waals surface area contributed by atoms with Crippen LogP contribution in [0.3, 0.4) is 0 Å². The number of nitrogens with two attached hydrogens (primary N) is 1. The second kappa shape index (κ2) is 4.20. The maximum Gasteiger partial charge on any atom is 0.255 e. The summed E-state index contributed by atoms with van der Waals surface area (Å²) in [6.45, 7) is 1.78. The highest BCUT2D eigenvalue weighted by Gasteiger charge is 2.12. The Morgan fingerprint density at radius 3 is 3.00 bits per heavy atom. The van der Waals surface area contributed by atoms with Gasteiger partial charge < -0.3 is 10.5 Å². The van der Waals surface area contributed by atoms with Crippen molar-refractivity contribution in [1.29, 1.82) is 0 Å². The van der Waals surface area contributed by atoms with Gasteiger partial charge in [-0.05, 0) is 19.1 Å². The van der Waals surface area contributed by atoms with Gasteiger partial charge in [0.1, 0.15) is 6.33 Å². The molecule has 0 aliphatic carbocycles. The van der Waals surface area contributed by atoms with E-state index in [4.69, 9.17) is 10.5 Å². The third-order valence-corrected chi connectivity index (χ3v) is 2.55. The van der Waals surface area contributed by atoms with Crippen LogP contribution in [0.4, 0.5) is 10.1 Å². The molecule has 7 heteroatoms. The molecule has 6 nitrogen and oxygen atoms in total. The Morgan fingerprint density at radius 1 is 1.37 bits per heavy atom. The summed E-state index contributed by atoms with van der Waals surface area (Å²) in [7, 11) is 0. The van der Waals surface area contributed by atoms with E-state index in [2.05, 4.69) is 15.1 Å². The Balaban J connectivity index is 2.13. The van der Waals surface area contributed by atoms with Gasteiger partial charge in [0.25, 0.3) is 5.78 Å². The molecule has 0 spiro atoms. The summed E-state index contributed by atoms with van der Waals surface area (Å²) in [5.74, 6) is 0.106. The molecule has 3 rings (SSSR count). The number of para-hydroxylation sites is 1. The standard InChI is InChI=1S/C12H10FN5O/c1-7-5-10(18-12(17-7)15-6-16-18)19-11-8(13)3-2-4-9(11)14/h2-6H,14H2,1H3. The first kappa shape index (κ1) is 11.4. The molecule has 2 aromatic heterocycles. The van der Waals surface area contributed by atoms with Crippen LogP contribution in [0, 0.1) is 12.7 Å². The second-order valence-corrected chi connectivity index (χ2v) is 3.97. The molecule has 1 aromatic carbocycles. The van der Waals surface area contributed by atoms with Crippen LogP contribution in [0.15, 0.2) is 30.6 Å². The number of hydrogen-bond acceptors (Lipinski definition) is 5. The molecule has 19 heavy (non-hydrogen) atoms. The number of aromatic nitrogens is 4. The van der Waals surface area contributed by atoms with Gasteiger partial charge in [-0.1, -0.05) is 6.07 Å². The van der Waals surface area contributed by atoms with Crippen LogP contribution in [-0.4, -0.2) is 19.6 Å². The summed E-state index contributed by atoms with van der Waals surface area (Å²) in [5.41, 5.74) is 6.60. The molecular formula is C12H10FN5O. The number of hydrogen-bond donors (Lipinski definition) is 1. The van der Waals surface area contributed by atoms with Crippen molar-refractivity contribution in [3.8, 4) is 11.6 Å². The Kier molecular flexibility index (Phi) is 2.52. The van der Waals surface area contributed by atoms with Gasteiger partial charge in [-0.15, -0.1) is 0 Å². The van der Waals surface area contributed by atoms with Crippen molar-refractivity contribution in [2.45, 2.75) is 6.92 Å². The smallest absolute Gasteiger partial charge is 0.255 e. The van der Waals surface area contributed by atoms with Crippen molar-refractivity contribution in [3.05, 3.63) is 42.1 Å². The SMILES string of the molecule is Cc1cc(Oc2c(N)cccc2F)n2ncnc2n1. The zero-order valence-electron chi connectivity index (χ0n) is 10.0. The number of nitrogen functional groups attached to an aromatic ring is 1. The van der Waals surface area contributed by atoms with Gasteiger partial charge in [-0.2, -0.15) is 14.6 Å². The first-order valence-corrected chi connectivity index (χ1v) is 5.54. The van der Waals surface area contributed by atoms with Crippen molar-refractivity contribution < 1.29 is 9.13 Å². The molecule has 2 N–H and O–H groups in total. The van der Waals surface area contributed by atoms with Gasteiger partial charge in [-0.3, -0.25) is 0 Å². The van der Waals surface area contributed by atoms with E-state index in [1.54, 1.807) is 19.1 Å². The highest BCUT2D eigenvalue weighted by atomic mass is 19.1. The number of ether oxygens (including phenoxy) is 1. The average Bonchev–Trinajstić information content (AvgIpc) is 2.81. The lowest BCUT2D eigenvalue weighted by Gasteiger charge is -2.10. The Morgan fingerprint density at radius 2 is 2.21 bits per heavy atom. The van der Waals surface area contributed by atoms with E-state index in [-0.39, 0.29) is 11.4 Å². The zero-order valence-corrected chi connectivity index (χ0v) is 10.0. The minimum absolute atomic E-state index is 0.0371. The predicted molar refractivity (Wildman–Crippen MR) is 66.4 cm³/mol. The van der Waals surface area contributed by atoms with Crippen LogP contribution >= 0.6 is 0 Å². The van der Waals surface area contributed by atoms with E-state index in [9.17, 15) is 4.39 Å². The Bertz CT molecular complexity index is 735. The molecule has 0 aliphatic rings. The number of anilines is 1. The molecule has 3 aromatic rings. The third-order valence-electron chi connectivity index (χ3n) is 2.55. The summed E-state index contributed by atoms with van der Waals surface area (Å²) in [6, 6.07) is 5.98. The minimum atomic E-state index is -0.539. The van der Waals surface area contributed by atoms with Crippen molar-refractivity contribution in [2.24, 2.45) is 0 Å². The molecule has 0 bridgehead atoms. The summed E-state index contributed by atoms with van der Waals surface area (Å²) >= 11 is 0. The highest BCUT2D eigenvalue weighted by Crippen LogP contribution is 2.30. The molecule has 96 valence electrons. The first-order valence-electron chi connectivity index (χ1n) is 5.54. The van der Waals surface area contributed by atoms with Crippen LogP contribution in [0.2, 0.25) is 0 Å². The molecule has 0 aliphatic heterocycles. The van der Waals surface area contributed by atoms with Gasteiger partial charge in [0.15, 0.2) is 11.6 Å². The minimum Gasteiger partial charge on any atom is -0.434 e. The molecule has 2 heterocycles. The van der Waals surface area contributed by atoms with E-state index in [0.717, 1.165) is 0 Å². The van der Waals surface area contributed by atoms with E-state index in [1.807, 2.05) is 0 Å². The molecule has 0 saturated heterocycles. The number of halogens is 1. The zero-order chi connectivity index (χ0) is 13.4. The summed E-state index contributed by atoms with van der Waals surface area (Å²) < 4.78 is 20.6. The van der Waals surface area contributed by atoms with E-state index < -0.39 is 5.82 Å². The molecule has 0 unspecified atom stereocenters. The molecule has 0 amide bonds. The molecule has 0 fully saturated rings. The van der Waals surface area contributed by atoms with E-state index >= 15 is 0 Å². The van der Waals surface area contributed by atoms with Gasteiger partial charge >= 0.3 is 0 Å². The maximum absolute atomic E-state index is 13.7. The number of nitrogens with zero attached hydrogens (tertiary/aromatic N) is 4. The maximum atomic E-state index is 13.7. The lowest BCUT2D eigenvalue weighted by Crippen LogP contribution is -2.02. The first-order chi connectivity index (χ1) is 9.15. The molecule has 0 radical (unpaired) electrons. The molecular weight excluding hydrogens is 249 g/mol. The van der Waals surface area contributed by atoms with Crippen molar-refractivity contribution in [3.63, 3.8) is 0 Å². The normalized spacial score (nSPS) is 10.8. The van der Waals surface area contributed by atoms with Crippen molar-refractivity contribution in [2.75, 3.05) is 5.73 Å². The van der Waals surface area contributed by atoms with Gasteiger partial charge in [-0.25, -0.2) is 9.37 Å². The van der Waals surface area contributed by atoms with Gasteiger partial charge in [0, 0.05) is 11.8 Å². The quantitative estimate of drug-likeness (QED) is 0.711. The summed E-state index contributed by atoms with van der Waals surface area (Å²) in [6.07, 6.45) is 1.35. The topological polar surface area (TPSA) is 78.3 Å². The van der Waals surface area contributed by atoms with Gasteiger partial charge in [0.2, 0.25) is 5.88 Å². The van der Waals surface area contributed by atoms with Gasteiger partial charge in [0.05, 0.1) is 5.69 Å². The summed E-state index contributed by atoms with van der Waals surface area (Å²) in [5, 5.41) is 3.97. The van der Waals surface area contributed by atoms with E-state index in [0.29, 0.717) is 17.4 Å². The summed E-state index contributed by atoms with van der Waals surface area (Å²) in [4.78, 5) is 8.13. The molecule has 0 atom stereocenters.